The lowest BCUT2D eigenvalue weighted by Crippen LogP contribution is -3.02. The molecule has 0 bridgehead atoms. The molecule has 5 N–H and O–H groups in total. The molecular formula is C37H59N2O7+. The number of Topliss-reactive ketones (excluding diaryl/α,β-unsaturated/α-hetero) is 1. The van der Waals surface area contributed by atoms with E-state index in [1.54, 1.807) is 0 Å². The maximum absolute atomic E-state index is 14.1. The van der Waals surface area contributed by atoms with Crippen LogP contribution in [0.2, 0.25) is 0 Å². The number of aliphatic hydroxyl groups excluding tert-OH is 1. The number of carbonyl (C=O) groups excluding carboxylic acids is 2. The fraction of sp³-hybridized carbons (Fsp3) is 0.946. The molecule has 0 amide bonds. The third kappa shape index (κ3) is 5.42. The highest BCUT2D eigenvalue weighted by Gasteiger charge is 2.66. The third-order valence-corrected chi connectivity index (χ3v) is 14.4. The zero-order valence-electron chi connectivity index (χ0n) is 28.3. The number of esters is 1. The first-order chi connectivity index (χ1) is 22.1. The van der Waals surface area contributed by atoms with Gasteiger partial charge in [-0.3, -0.25) is 10.5 Å². The number of aliphatic hydroxyl groups is 1. The number of quaternary nitrogens is 1. The van der Waals surface area contributed by atoms with Gasteiger partial charge in [-0.05, 0) is 90.4 Å². The van der Waals surface area contributed by atoms with Gasteiger partial charge in [0, 0.05) is 42.9 Å². The van der Waals surface area contributed by atoms with Crippen molar-refractivity contribution >= 4 is 11.8 Å². The summed E-state index contributed by atoms with van der Waals surface area (Å²) in [4.78, 5) is 27.3. The summed E-state index contributed by atoms with van der Waals surface area (Å²) in [6, 6.07) is 0.662. The predicted octanol–water partition coefficient (Wildman–Crippen LogP) is 3.38. The molecule has 0 aromatic carbocycles. The minimum Gasteiger partial charge on any atom is -0.457 e. The van der Waals surface area contributed by atoms with E-state index < -0.39 is 29.3 Å². The third-order valence-electron chi connectivity index (χ3n) is 14.4. The Kier molecular flexibility index (Phi) is 8.41. The molecule has 0 aromatic rings. The van der Waals surface area contributed by atoms with Gasteiger partial charge < -0.3 is 29.4 Å². The maximum Gasteiger partial charge on any atom is 0.341 e. The summed E-state index contributed by atoms with van der Waals surface area (Å²) in [7, 11) is 0. The van der Waals surface area contributed by atoms with Gasteiger partial charge in [0.1, 0.15) is 23.7 Å². The van der Waals surface area contributed by atoms with Gasteiger partial charge in [-0.25, -0.2) is 4.79 Å². The normalized spacial score (nSPS) is 53.2. The van der Waals surface area contributed by atoms with Gasteiger partial charge >= 0.3 is 5.97 Å². The molecule has 3 saturated carbocycles. The highest BCUT2D eigenvalue weighted by molar-refractivity contribution is 5.84. The largest absolute Gasteiger partial charge is 0.457 e. The van der Waals surface area contributed by atoms with Crippen molar-refractivity contribution in [2.45, 2.75) is 177 Å². The lowest BCUT2D eigenvalue weighted by Gasteiger charge is -2.57. The molecule has 8 aliphatic rings. The van der Waals surface area contributed by atoms with Crippen LogP contribution in [-0.4, -0.2) is 76.9 Å². The number of carbonyl (C=O) groups is 2. The van der Waals surface area contributed by atoms with E-state index >= 15 is 0 Å². The number of piperidine rings is 1. The molecule has 9 nitrogen and oxygen atoms in total. The maximum atomic E-state index is 14.1. The van der Waals surface area contributed by atoms with Crippen LogP contribution in [0.1, 0.15) is 117 Å². The molecule has 9 heteroatoms. The minimum atomic E-state index is -0.870. The SMILES string of the molecule is CC1CC(=O)C2C(CC3OC(C)(C)[C@@H]4OC(=O)[C@]5(CCCC[C@@H]4C3C2O)O[C@@H]5CCC2CC(N)[NH2+]C3C4CCCCC4CCC23)O1. The van der Waals surface area contributed by atoms with E-state index in [0.717, 1.165) is 56.3 Å². The van der Waals surface area contributed by atoms with Crippen LogP contribution < -0.4 is 11.1 Å². The quantitative estimate of drug-likeness (QED) is 0.315. The first kappa shape index (κ1) is 32.1. The molecule has 1 spiro atoms. The number of ether oxygens (including phenoxy) is 4. The zero-order chi connectivity index (χ0) is 32.0. The van der Waals surface area contributed by atoms with Gasteiger partial charge in [0.2, 0.25) is 0 Å². The number of fused-ring (bicyclic) bond motifs is 7. The van der Waals surface area contributed by atoms with Crippen LogP contribution in [0.4, 0.5) is 0 Å². The summed E-state index contributed by atoms with van der Waals surface area (Å²) < 4.78 is 25.7. The van der Waals surface area contributed by atoms with E-state index in [1.165, 1.54) is 38.5 Å². The number of hydrogen-bond donors (Lipinski definition) is 3. The van der Waals surface area contributed by atoms with Crippen molar-refractivity contribution in [1.29, 1.82) is 0 Å². The second-order valence-electron chi connectivity index (χ2n) is 17.4. The Hall–Kier alpha value is -1.10. The standard InChI is InChI=1S/C37H58N2O7/c1-19-16-25(40)31-26(43-19)18-27-30(33(31)41)24-10-6-7-15-37(35(42)44-34(24)36(2,3)45-27)28(46-37)14-12-21-17-29(38)39-32-22-9-5-4-8-20(22)11-13-23(21)32/h19-24,26-34,39,41H,4-18,38H2,1-3H3/p+1/t19?,20?,21?,22?,23?,24-,26?,27?,28-,29?,30?,31?,32?,33?,34-,37-/m1/s1. The van der Waals surface area contributed by atoms with Crippen LogP contribution in [0, 0.1) is 41.4 Å². The summed E-state index contributed by atoms with van der Waals surface area (Å²) >= 11 is 0. The Bertz CT molecular complexity index is 1180. The summed E-state index contributed by atoms with van der Waals surface area (Å²) in [6.45, 7) is 5.95. The van der Waals surface area contributed by atoms with E-state index in [9.17, 15) is 14.7 Å². The summed E-state index contributed by atoms with van der Waals surface area (Å²) in [6.07, 6.45) is 13.4. The topological polar surface area (TPSA) is 137 Å². The highest BCUT2D eigenvalue weighted by Crippen LogP contribution is 2.54. The van der Waals surface area contributed by atoms with Crippen molar-refractivity contribution in [3.8, 4) is 0 Å². The van der Waals surface area contributed by atoms with Crippen molar-refractivity contribution in [2.75, 3.05) is 0 Å². The first-order valence-corrected chi connectivity index (χ1v) is 19.1. The van der Waals surface area contributed by atoms with E-state index in [0.29, 0.717) is 31.2 Å². The van der Waals surface area contributed by atoms with Crippen molar-refractivity contribution in [1.82, 2.24) is 0 Å². The molecule has 0 aromatic heterocycles. The van der Waals surface area contributed by atoms with Crippen LogP contribution in [0.25, 0.3) is 0 Å². The Labute approximate surface area is 274 Å². The average Bonchev–Trinajstić information content (AvgIpc) is 3.71. The number of rotatable bonds is 3. The molecule has 5 saturated heterocycles. The molecule has 46 heavy (non-hydrogen) atoms. The Morgan fingerprint density at radius 1 is 0.913 bits per heavy atom. The lowest BCUT2D eigenvalue weighted by atomic mass is 9.59. The van der Waals surface area contributed by atoms with Crippen LogP contribution >= 0.6 is 0 Å². The molecular weight excluding hydrogens is 584 g/mol. The fourth-order valence-electron chi connectivity index (χ4n) is 12.4. The van der Waals surface area contributed by atoms with Gasteiger partial charge in [-0.1, -0.05) is 19.3 Å². The van der Waals surface area contributed by atoms with Crippen molar-refractivity contribution in [2.24, 2.45) is 47.2 Å². The average molecular weight is 644 g/mol. The van der Waals surface area contributed by atoms with Gasteiger partial charge in [0.05, 0.1) is 42.5 Å². The van der Waals surface area contributed by atoms with Gasteiger partial charge in [-0.15, -0.1) is 0 Å². The van der Waals surface area contributed by atoms with Crippen LogP contribution in [0.5, 0.6) is 0 Å². The summed E-state index contributed by atoms with van der Waals surface area (Å²) in [5.74, 6) is 1.98. The number of epoxide rings is 1. The Morgan fingerprint density at radius 3 is 2.54 bits per heavy atom. The second kappa shape index (κ2) is 12.0. The van der Waals surface area contributed by atoms with E-state index in [4.69, 9.17) is 24.7 Å². The number of nitrogens with two attached hydrogens (primary N) is 2. The first-order valence-electron chi connectivity index (χ1n) is 19.1. The van der Waals surface area contributed by atoms with Crippen molar-refractivity contribution in [3.05, 3.63) is 0 Å². The number of ketones is 1. The van der Waals surface area contributed by atoms with Crippen LogP contribution in [0.3, 0.4) is 0 Å². The molecule has 5 aliphatic heterocycles. The van der Waals surface area contributed by atoms with E-state index in [1.807, 2.05) is 20.8 Å². The molecule has 8 rings (SSSR count). The molecule has 12 unspecified atom stereocenters. The summed E-state index contributed by atoms with van der Waals surface area (Å²) in [5.41, 5.74) is 5.07. The zero-order valence-corrected chi connectivity index (χ0v) is 28.3. The van der Waals surface area contributed by atoms with Crippen molar-refractivity contribution in [3.63, 3.8) is 0 Å². The summed E-state index contributed by atoms with van der Waals surface area (Å²) in [5, 5.41) is 14.2. The molecule has 0 radical (unpaired) electrons. The van der Waals surface area contributed by atoms with E-state index in [2.05, 4.69) is 5.32 Å². The lowest BCUT2D eigenvalue weighted by molar-refractivity contribution is -0.749. The fourth-order valence-corrected chi connectivity index (χ4v) is 12.4. The number of hydrogen-bond acceptors (Lipinski definition) is 8. The monoisotopic (exact) mass is 643 g/mol. The Morgan fingerprint density at radius 2 is 1.70 bits per heavy atom. The van der Waals surface area contributed by atoms with Gasteiger partial charge in [0.25, 0.3) is 0 Å². The molecule has 5 heterocycles. The molecule has 16 atom stereocenters. The van der Waals surface area contributed by atoms with Gasteiger partial charge in [0.15, 0.2) is 5.60 Å². The smallest absolute Gasteiger partial charge is 0.341 e. The van der Waals surface area contributed by atoms with Crippen molar-refractivity contribution < 1.29 is 39.0 Å². The second-order valence-corrected chi connectivity index (χ2v) is 17.4. The molecule has 8 fully saturated rings. The van der Waals surface area contributed by atoms with E-state index in [-0.39, 0.29) is 54.2 Å². The van der Waals surface area contributed by atoms with Crippen LogP contribution in [0.15, 0.2) is 0 Å². The Balaban J connectivity index is 0.956. The van der Waals surface area contributed by atoms with Gasteiger partial charge in [-0.2, -0.15) is 0 Å². The predicted molar refractivity (Wildman–Crippen MR) is 169 cm³/mol. The van der Waals surface area contributed by atoms with Crippen LogP contribution in [-0.2, 0) is 28.5 Å². The molecule has 3 aliphatic carbocycles. The highest BCUT2D eigenvalue weighted by atomic mass is 16.7. The minimum absolute atomic E-state index is 0.0826. The molecule has 258 valence electrons.